The first-order chi connectivity index (χ1) is 7.99. The van der Waals surface area contributed by atoms with Gasteiger partial charge in [0.25, 0.3) is 0 Å². The molecule has 0 aromatic rings. The molecule has 0 aliphatic carbocycles. The zero-order valence-corrected chi connectivity index (χ0v) is 11.8. The first kappa shape index (κ1) is 14.5. The van der Waals surface area contributed by atoms with Gasteiger partial charge in [0, 0.05) is 13.0 Å². The van der Waals surface area contributed by atoms with Crippen LogP contribution in [-0.2, 0) is 4.74 Å². The van der Waals surface area contributed by atoms with Crippen LogP contribution in [0.2, 0.25) is 0 Å². The normalized spacial score (nSPS) is 29.6. The van der Waals surface area contributed by atoms with Gasteiger partial charge in [0.1, 0.15) is 0 Å². The number of hydrogen-bond donors (Lipinski definition) is 0. The van der Waals surface area contributed by atoms with Crippen LogP contribution in [0.15, 0.2) is 0 Å². The Morgan fingerprint density at radius 3 is 2.59 bits per heavy atom. The Hall–Kier alpha value is -0.550. The Kier molecular flexibility index (Phi) is 5.46. The fraction of sp³-hybridized carbons (Fsp3) is 0.933. The maximum atomic E-state index is 9.08. The van der Waals surface area contributed by atoms with E-state index in [-0.39, 0.29) is 5.41 Å². The lowest BCUT2D eigenvalue weighted by atomic mass is 9.70. The van der Waals surface area contributed by atoms with E-state index < -0.39 is 0 Å². The molecule has 0 aromatic carbocycles. The van der Waals surface area contributed by atoms with Gasteiger partial charge in [-0.25, -0.2) is 0 Å². The summed E-state index contributed by atoms with van der Waals surface area (Å²) in [7, 11) is 0. The van der Waals surface area contributed by atoms with Crippen molar-refractivity contribution in [2.45, 2.75) is 65.9 Å². The second-order valence-electron chi connectivity index (χ2n) is 6.37. The quantitative estimate of drug-likeness (QED) is 0.719. The molecule has 1 heterocycles. The molecule has 2 nitrogen and oxygen atoms in total. The van der Waals surface area contributed by atoms with Gasteiger partial charge >= 0.3 is 0 Å². The molecule has 1 aliphatic rings. The fourth-order valence-electron chi connectivity index (χ4n) is 2.68. The molecule has 1 fully saturated rings. The van der Waals surface area contributed by atoms with E-state index in [1.807, 2.05) is 0 Å². The van der Waals surface area contributed by atoms with Crippen molar-refractivity contribution < 1.29 is 4.74 Å². The molecule has 0 spiro atoms. The van der Waals surface area contributed by atoms with Crippen molar-refractivity contribution in [2.24, 2.45) is 17.3 Å². The van der Waals surface area contributed by atoms with Crippen LogP contribution < -0.4 is 0 Å². The minimum atomic E-state index is 0.228. The molecule has 0 N–H and O–H groups in total. The van der Waals surface area contributed by atoms with Crippen molar-refractivity contribution in [2.75, 3.05) is 6.61 Å². The lowest BCUT2D eigenvalue weighted by Gasteiger charge is -2.41. The lowest BCUT2D eigenvalue weighted by Crippen LogP contribution is -2.38. The molecular weight excluding hydrogens is 210 g/mol. The van der Waals surface area contributed by atoms with Crippen LogP contribution in [0.5, 0.6) is 0 Å². The first-order valence-electron chi connectivity index (χ1n) is 6.97. The third kappa shape index (κ3) is 4.32. The highest BCUT2D eigenvalue weighted by molar-refractivity contribution is 4.93. The number of ether oxygens (including phenoxy) is 1. The van der Waals surface area contributed by atoms with Crippen LogP contribution in [0.4, 0.5) is 0 Å². The van der Waals surface area contributed by atoms with Crippen molar-refractivity contribution in [1.29, 1.82) is 5.26 Å². The average molecular weight is 237 g/mol. The maximum absolute atomic E-state index is 9.08. The van der Waals surface area contributed by atoms with Gasteiger partial charge in [-0.1, -0.05) is 34.1 Å². The Bertz CT molecular complexity index is 267. The molecule has 0 unspecified atom stereocenters. The second kappa shape index (κ2) is 6.40. The molecule has 0 saturated carbocycles. The molecule has 98 valence electrons. The maximum Gasteiger partial charge on any atom is 0.0627 e. The highest BCUT2D eigenvalue weighted by atomic mass is 16.5. The lowest BCUT2D eigenvalue weighted by molar-refractivity contribution is -0.0721. The van der Waals surface area contributed by atoms with Gasteiger partial charge < -0.3 is 4.74 Å². The van der Waals surface area contributed by atoms with Crippen LogP contribution in [0.25, 0.3) is 0 Å². The monoisotopic (exact) mass is 237 g/mol. The van der Waals surface area contributed by atoms with E-state index >= 15 is 0 Å². The van der Waals surface area contributed by atoms with E-state index in [4.69, 9.17) is 10.00 Å². The van der Waals surface area contributed by atoms with Crippen LogP contribution >= 0.6 is 0 Å². The zero-order chi connectivity index (χ0) is 12.9. The standard InChI is InChI=1S/C15H27NO/c1-12(2)5-6-15(7-9-16)8-10-17-14(11-15)13(3)4/h12-14H,5-8,10-11H2,1-4H3/t14-,15-/m0/s1. The Morgan fingerprint density at radius 1 is 1.35 bits per heavy atom. The summed E-state index contributed by atoms with van der Waals surface area (Å²) < 4.78 is 5.84. The summed E-state index contributed by atoms with van der Waals surface area (Å²) in [5, 5.41) is 9.08. The predicted molar refractivity (Wildman–Crippen MR) is 70.5 cm³/mol. The molecule has 1 saturated heterocycles. The molecular formula is C15H27NO. The Morgan fingerprint density at radius 2 is 2.06 bits per heavy atom. The van der Waals surface area contributed by atoms with Crippen LogP contribution in [-0.4, -0.2) is 12.7 Å². The fourth-order valence-corrected chi connectivity index (χ4v) is 2.68. The van der Waals surface area contributed by atoms with Crippen molar-refractivity contribution in [1.82, 2.24) is 0 Å². The van der Waals surface area contributed by atoms with Gasteiger partial charge in [-0.05, 0) is 36.5 Å². The Balaban J connectivity index is 2.66. The van der Waals surface area contributed by atoms with E-state index in [2.05, 4.69) is 33.8 Å². The number of nitriles is 1. The van der Waals surface area contributed by atoms with E-state index in [1.54, 1.807) is 0 Å². The van der Waals surface area contributed by atoms with Crippen LogP contribution in [0.1, 0.15) is 59.8 Å². The average Bonchev–Trinajstić information content (AvgIpc) is 2.27. The van der Waals surface area contributed by atoms with Gasteiger partial charge in [0.05, 0.1) is 12.2 Å². The van der Waals surface area contributed by atoms with Crippen LogP contribution in [0, 0.1) is 28.6 Å². The van der Waals surface area contributed by atoms with E-state index in [1.165, 1.54) is 12.8 Å². The van der Waals surface area contributed by atoms with Gasteiger partial charge in [0.2, 0.25) is 0 Å². The van der Waals surface area contributed by atoms with Crippen LogP contribution in [0.3, 0.4) is 0 Å². The summed E-state index contributed by atoms with van der Waals surface area (Å²) in [5.74, 6) is 1.29. The molecule has 17 heavy (non-hydrogen) atoms. The summed E-state index contributed by atoms with van der Waals surface area (Å²) in [6, 6.07) is 2.41. The number of rotatable bonds is 5. The van der Waals surface area contributed by atoms with E-state index in [0.29, 0.717) is 18.4 Å². The highest BCUT2D eigenvalue weighted by Crippen LogP contribution is 2.43. The van der Waals surface area contributed by atoms with Gasteiger partial charge in [0.15, 0.2) is 0 Å². The third-order valence-electron chi connectivity index (χ3n) is 4.05. The third-order valence-corrected chi connectivity index (χ3v) is 4.05. The minimum absolute atomic E-state index is 0.228. The number of hydrogen-bond acceptors (Lipinski definition) is 2. The topological polar surface area (TPSA) is 33.0 Å². The van der Waals surface area contributed by atoms with E-state index in [9.17, 15) is 0 Å². The molecule has 0 bridgehead atoms. The molecule has 2 atom stereocenters. The summed E-state index contributed by atoms with van der Waals surface area (Å²) in [4.78, 5) is 0. The molecule has 2 heteroatoms. The predicted octanol–water partition coefficient (Wildman–Crippen LogP) is 4.16. The highest BCUT2D eigenvalue weighted by Gasteiger charge is 2.37. The zero-order valence-electron chi connectivity index (χ0n) is 11.8. The number of nitrogens with zero attached hydrogens (tertiary/aromatic N) is 1. The SMILES string of the molecule is CC(C)CC[C@]1(CC#N)CCO[C@H](C(C)C)C1. The summed E-state index contributed by atoms with van der Waals surface area (Å²) in [6.45, 7) is 9.80. The van der Waals surface area contributed by atoms with Crippen molar-refractivity contribution in [3.8, 4) is 6.07 Å². The molecule has 0 radical (unpaired) electrons. The molecule has 0 amide bonds. The molecule has 1 rings (SSSR count). The smallest absolute Gasteiger partial charge is 0.0627 e. The Labute approximate surface area is 106 Å². The van der Waals surface area contributed by atoms with Crippen molar-refractivity contribution >= 4 is 0 Å². The summed E-state index contributed by atoms with van der Waals surface area (Å²) in [6.07, 6.45) is 5.61. The van der Waals surface area contributed by atoms with E-state index in [0.717, 1.165) is 25.4 Å². The molecule has 1 aliphatic heterocycles. The van der Waals surface area contributed by atoms with Gasteiger partial charge in [-0.3, -0.25) is 0 Å². The minimum Gasteiger partial charge on any atom is -0.378 e. The van der Waals surface area contributed by atoms with Gasteiger partial charge in [-0.15, -0.1) is 0 Å². The van der Waals surface area contributed by atoms with Crippen molar-refractivity contribution in [3.05, 3.63) is 0 Å². The van der Waals surface area contributed by atoms with Gasteiger partial charge in [-0.2, -0.15) is 5.26 Å². The summed E-state index contributed by atoms with van der Waals surface area (Å²) in [5.41, 5.74) is 0.228. The second-order valence-corrected chi connectivity index (χ2v) is 6.37. The molecule has 0 aromatic heterocycles. The summed E-state index contributed by atoms with van der Waals surface area (Å²) >= 11 is 0. The first-order valence-corrected chi connectivity index (χ1v) is 6.97. The van der Waals surface area contributed by atoms with Crippen molar-refractivity contribution in [3.63, 3.8) is 0 Å². The largest absolute Gasteiger partial charge is 0.378 e.